The number of primary amides is 1. The van der Waals surface area contributed by atoms with Crippen molar-refractivity contribution in [2.45, 2.75) is 6.42 Å². The second-order valence-electron chi connectivity index (χ2n) is 3.43. The van der Waals surface area contributed by atoms with Gasteiger partial charge in [-0.25, -0.2) is 14.0 Å². The SMILES string of the molecule is NC(=O)NC(=O)CCOc1cccc(F)c1C(=O)O. The van der Waals surface area contributed by atoms with Gasteiger partial charge >= 0.3 is 12.0 Å². The number of hydrogen-bond acceptors (Lipinski definition) is 4. The van der Waals surface area contributed by atoms with Gasteiger partial charge in [0.05, 0.1) is 13.0 Å². The summed E-state index contributed by atoms with van der Waals surface area (Å²) in [5, 5.41) is 10.6. The van der Waals surface area contributed by atoms with Gasteiger partial charge in [-0.05, 0) is 12.1 Å². The molecule has 0 bridgehead atoms. The first-order valence-corrected chi connectivity index (χ1v) is 5.15. The zero-order valence-electron chi connectivity index (χ0n) is 9.68. The van der Waals surface area contributed by atoms with Gasteiger partial charge in [-0.3, -0.25) is 10.1 Å². The highest BCUT2D eigenvalue weighted by Gasteiger charge is 2.17. The van der Waals surface area contributed by atoms with E-state index in [0.29, 0.717) is 0 Å². The number of imide groups is 1. The van der Waals surface area contributed by atoms with E-state index in [1.54, 1.807) is 0 Å². The average Bonchev–Trinajstić information content (AvgIpc) is 2.27. The number of ether oxygens (including phenoxy) is 1. The van der Waals surface area contributed by atoms with E-state index < -0.39 is 29.3 Å². The zero-order valence-corrected chi connectivity index (χ0v) is 9.68. The number of carboxylic acid groups (broad SMARTS) is 1. The standard InChI is InChI=1S/C11H11FN2O5/c12-6-2-1-3-7(9(6)10(16)17)19-5-4-8(15)14-11(13)18/h1-3H,4-5H2,(H,16,17)(H3,13,14,15,18). The van der Waals surface area contributed by atoms with Crippen molar-refractivity contribution in [2.24, 2.45) is 5.73 Å². The third kappa shape index (κ3) is 4.26. The fourth-order valence-electron chi connectivity index (χ4n) is 1.29. The van der Waals surface area contributed by atoms with Gasteiger partial charge in [-0.1, -0.05) is 6.07 Å². The number of carbonyl (C=O) groups is 3. The van der Waals surface area contributed by atoms with Crippen molar-refractivity contribution < 1.29 is 28.6 Å². The monoisotopic (exact) mass is 270 g/mol. The smallest absolute Gasteiger partial charge is 0.342 e. The number of nitrogens with one attached hydrogen (secondary N) is 1. The van der Waals surface area contributed by atoms with Gasteiger partial charge in [0.25, 0.3) is 0 Å². The molecule has 8 heteroatoms. The normalized spacial score (nSPS) is 9.74. The van der Waals surface area contributed by atoms with Crippen LogP contribution in [0.5, 0.6) is 5.75 Å². The van der Waals surface area contributed by atoms with Crippen LogP contribution >= 0.6 is 0 Å². The van der Waals surface area contributed by atoms with E-state index in [2.05, 4.69) is 0 Å². The highest BCUT2D eigenvalue weighted by atomic mass is 19.1. The fourth-order valence-corrected chi connectivity index (χ4v) is 1.29. The van der Waals surface area contributed by atoms with Crippen LogP contribution in [0.25, 0.3) is 0 Å². The van der Waals surface area contributed by atoms with E-state index in [1.807, 2.05) is 5.32 Å². The molecular weight excluding hydrogens is 259 g/mol. The van der Waals surface area contributed by atoms with Crippen LogP contribution in [0.3, 0.4) is 0 Å². The van der Waals surface area contributed by atoms with E-state index in [0.717, 1.165) is 6.07 Å². The molecule has 7 nitrogen and oxygen atoms in total. The summed E-state index contributed by atoms with van der Waals surface area (Å²) in [6.45, 7) is -0.219. The van der Waals surface area contributed by atoms with Crippen LogP contribution in [0, 0.1) is 5.82 Å². The molecule has 0 saturated carbocycles. The molecule has 0 aromatic heterocycles. The van der Waals surface area contributed by atoms with Crippen molar-refractivity contribution in [3.05, 3.63) is 29.6 Å². The molecule has 3 amide bonds. The molecule has 19 heavy (non-hydrogen) atoms. The molecule has 0 fully saturated rings. The lowest BCUT2D eigenvalue weighted by Gasteiger charge is -2.09. The lowest BCUT2D eigenvalue weighted by atomic mass is 10.2. The summed E-state index contributed by atoms with van der Waals surface area (Å²) >= 11 is 0. The second kappa shape index (κ2) is 6.34. The molecule has 1 aromatic carbocycles. The number of carbonyl (C=O) groups excluding carboxylic acids is 2. The lowest BCUT2D eigenvalue weighted by molar-refractivity contribution is -0.120. The first kappa shape index (κ1) is 14.4. The van der Waals surface area contributed by atoms with Crippen LogP contribution < -0.4 is 15.8 Å². The molecule has 0 aliphatic rings. The Bertz CT molecular complexity index is 518. The van der Waals surface area contributed by atoms with E-state index in [9.17, 15) is 18.8 Å². The molecule has 0 saturated heterocycles. The molecule has 102 valence electrons. The van der Waals surface area contributed by atoms with Gasteiger partial charge in [-0.2, -0.15) is 0 Å². The Morgan fingerprint density at radius 3 is 2.63 bits per heavy atom. The van der Waals surface area contributed by atoms with Crippen LogP contribution in [-0.4, -0.2) is 29.6 Å². The van der Waals surface area contributed by atoms with Crippen molar-refractivity contribution in [1.29, 1.82) is 0 Å². The van der Waals surface area contributed by atoms with Gasteiger partial charge < -0.3 is 15.6 Å². The van der Waals surface area contributed by atoms with Crippen LogP contribution in [0.2, 0.25) is 0 Å². The molecule has 0 unspecified atom stereocenters. The maximum absolute atomic E-state index is 13.3. The molecule has 0 radical (unpaired) electrons. The Balaban J connectivity index is 2.64. The Morgan fingerprint density at radius 1 is 1.37 bits per heavy atom. The van der Waals surface area contributed by atoms with Crippen molar-refractivity contribution in [3.8, 4) is 5.75 Å². The van der Waals surface area contributed by atoms with E-state index in [-0.39, 0.29) is 18.8 Å². The zero-order chi connectivity index (χ0) is 14.4. The molecule has 1 aromatic rings. The molecule has 0 aliphatic heterocycles. The van der Waals surface area contributed by atoms with Gasteiger partial charge in [-0.15, -0.1) is 0 Å². The minimum absolute atomic E-state index is 0.195. The minimum atomic E-state index is -1.48. The van der Waals surface area contributed by atoms with Crippen LogP contribution in [-0.2, 0) is 4.79 Å². The number of amides is 3. The van der Waals surface area contributed by atoms with Gasteiger partial charge in [0.1, 0.15) is 17.1 Å². The summed E-state index contributed by atoms with van der Waals surface area (Å²) in [4.78, 5) is 32.2. The van der Waals surface area contributed by atoms with Crippen molar-refractivity contribution >= 4 is 17.9 Å². The molecule has 0 aliphatic carbocycles. The fraction of sp³-hybridized carbons (Fsp3) is 0.182. The number of hydrogen-bond donors (Lipinski definition) is 3. The molecule has 0 spiro atoms. The molecule has 1 rings (SSSR count). The van der Waals surface area contributed by atoms with Crippen molar-refractivity contribution in [3.63, 3.8) is 0 Å². The molecule has 0 atom stereocenters. The highest BCUT2D eigenvalue weighted by molar-refractivity contribution is 5.93. The minimum Gasteiger partial charge on any atom is -0.492 e. The topological polar surface area (TPSA) is 119 Å². The number of nitrogens with two attached hydrogens (primary N) is 1. The maximum atomic E-state index is 13.3. The van der Waals surface area contributed by atoms with Gasteiger partial charge in [0.15, 0.2) is 0 Å². The predicted octanol–water partition coefficient (Wildman–Crippen LogP) is 0.488. The summed E-state index contributed by atoms with van der Waals surface area (Å²) in [5.74, 6) is -3.29. The quantitative estimate of drug-likeness (QED) is 0.719. The third-order valence-electron chi connectivity index (χ3n) is 2.04. The Hall–Kier alpha value is -2.64. The Kier molecular flexibility index (Phi) is 4.81. The number of urea groups is 1. The van der Waals surface area contributed by atoms with Crippen LogP contribution in [0.4, 0.5) is 9.18 Å². The van der Waals surface area contributed by atoms with E-state index in [1.165, 1.54) is 12.1 Å². The lowest BCUT2D eigenvalue weighted by Crippen LogP contribution is -2.35. The first-order chi connectivity index (χ1) is 8.91. The highest BCUT2D eigenvalue weighted by Crippen LogP contribution is 2.21. The largest absolute Gasteiger partial charge is 0.492 e. The number of halogens is 1. The number of aromatic carboxylic acids is 1. The van der Waals surface area contributed by atoms with E-state index in [4.69, 9.17) is 15.6 Å². The molecule has 4 N–H and O–H groups in total. The number of benzene rings is 1. The summed E-state index contributed by atoms with van der Waals surface area (Å²) in [7, 11) is 0. The van der Waals surface area contributed by atoms with Crippen molar-refractivity contribution in [1.82, 2.24) is 5.32 Å². The number of carboxylic acids is 1. The molecular formula is C11H11FN2O5. The summed E-state index contributed by atoms with van der Waals surface area (Å²) in [5.41, 5.74) is 4.11. The maximum Gasteiger partial charge on any atom is 0.342 e. The average molecular weight is 270 g/mol. The van der Waals surface area contributed by atoms with Crippen LogP contribution in [0.15, 0.2) is 18.2 Å². The third-order valence-corrected chi connectivity index (χ3v) is 2.04. The summed E-state index contributed by atoms with van der Waals surface area (Å²) in [6.07, 6.45) is -0.224. The Morgan fingerprint density at radius 2 is 2.05 bits per heavy atom. The second-order valence-corrected chi connectivity index (χ2v) is 3.43. The van der Waals surface area contributed by atoms with Crippen molar-refractivity contribution in [2.75, 3.05) is 6.61 Å². The molecule has 0 heterocycles. The van der Waals surface area contributed by atoms with E-state index >= 15 is 0 Å². The first-order valence-electron chi connectivity index (χ1n) is 5.15. The predicted molar refractivity (Wildman–Crippen MR) is 61.2 cm³/mol. The van der Waals surface area contributed by atoms with Gasteiger partial charge in [0.2, 0.25) is 5.91 Å². The number of rotatable bonds is 5. The Labute approximate surface area is 107 Å². The summed E-state index contributed by atoms with van der Waals surface area (Å²) < 4.78 is 18.3. The van der Waals surface area contributed by atoms with Gasteiger partial charge in [0, 0.05) is 0 Å². The van der Waals surface area contributed by atoms with Crippen LogP contribution in [0.1, 0.15) is 16.8 Å². The summed E-state index contributed by atoms with van der Waals surface area (Å²) in [6, 6.07) is 2.52.